The SMILES string of the molecule is COc1ccc2ncc(Cl)c([C@@H](O)CCC3(C(=O)O)CCN(CCCCc4ccccc4)CC3)c2c1. The minimum Gasteiger partial charge on any atom is -0.497 e. The molecule has 1 aliphatic rings. The molecule has 1 atom stereocenters. The van der Waals surface area contributed by atoms with E-state index in [0.717, 1.165) is 44.3 Å². The lowest BCUT2D eigenvalue weighted by Crippen LogP contribution is -2.44. The lowest BCUT2D eigenvalue weighted by atomic mass is 9.74. The second kappa shape index (κ2) is 12.0. The predicted octanol–water partition coefficient (Wildman–Crippen LogP) is 5.90. The summed E-state index contributed by atoms with van der Waals surface area (Å²) in [5.74, 6) is -0.121. The number of unbranched alkanes of at least 4 members (excludes halogenated alkanes) is 1. The second-order valence-corrected chi connectivity index (χ2v) is 10.2. The molecule has 1 fully saturated rings. The average molecular weight is 511 g/mol. The molecule has 36 heavy (non-hydrogen) atoms. The van der Waals surface area contributed by atoms with E-state index in [0.29, 0.717) is 47.5 Å². The van der Waals surface area contributed by atoms with E-state index in [1.54, 1.807) is 7.11 Å². The highest BCUT2D eigenvalue weighted by Crippen LogP contribution is 2.41. The summed E-state index contributed by atoms with van der Waals surface area (Å²) in [7, 11) is 1.58. The second-order valence-electron chi connectivity index (χ2n) is 9.83. The van der Waals surface area contributed by atoms with E-state index in [9.17, 15) is 15.0 Å². The van der Waals surface area contributed by atoms with Gasteiger partial charge < -0.3 is 19.8 Å². The van der Waals surface area contributed by atoms with Gasteiger partial charge in [0.15, 0.2) is 0 Å². The number of halogens is 1. The van der Waals surface area contributed by atoms with Crippen molar-refractivity contribution in [3.05, 3.63) is 70.9 Å². The minimum absolute atomic E-state index is 0.319. The van der Waals surface area contributed by atoms with E-state index in [-0.39, 0.29) is 0 Å². The summed E-state index contributed by atoms with van der Waals surface area (Å²) in [5.41, 5.74) is 1.83. The van der Waals surface area contributed by atoms with Crippen molar-refractivity contribution in [1.82, 2.24) is 9.88 Å². The number of aliphatic hydroxyl groups is 1. The number of aromatic nitrogens is 1. The number of aliphatic hydroxyl groups excluding tert-OH is 1. The molecular formula is C29H35ClN2O4. The Bertz CT molecular complexity index is 1160. The highest BCUT2D eigenvalue weighted by atomic mass is 35.5. The van der Waals surface area contributed by atoms with Crippen LogP contribution in [0, 0.1) is 5.41 Å². The fourth-order valence-electron chi connectivity index (χ4n) is 5.28. The molecule has 0 saturated carbocycles. The van der Waals surface area contributed by atoms with E-state index in [2.05, 4.69) is 34.1 Å². The van der Waals surface area contributed by atoms with Gasteiger partial charge in [-0.25, -0.2) is 0 Å². The van der Waals surface area contributed by atoms with Crippen LogP contribution in [0.2, 0.25) is 5.02 Å². The molecule has 192 valence electrons. The Morgan fingerprint density at radius 1 is 1.17 bits per heavy atom. The van der Waals surface area contributed by atoms with Gasteiger partial charge in [-0.15, -0.1) is 0 Å². The Kier molecular flexibility index (Phi) is 8.83. The fourth-order valence-corrected chi connectivity index (χ4v) is 5.55. The highest BCUT2D eigenvalue weighted by molar-refractivity contribution is 6.32. The zero-order chi connectivity index (χ0) is 25.5. The topological polar surface area (TPSA) is 82.9 Å². The van der Waals surface area contributed by atoms with Crippen molar-refractivity contribution in [2.24, 2.45) is 5.41 Å². The van der Waals surface area contributed by atoms with Gasteiger partial charge in [0.1, 0.15) is 5.75 Å². The predicted molar refractivity (Wildman–Crippen MR) is 143 cm³/mol. The van der Waals surface area contributed by atoms with Crippen molar-refractivity contribution in [2.75, 3.05) is 26.7 Å². The lowest BCUT2D eigenvalue weighted by molar-refractivity contribution is -0.153. The molecule has 1 aromatic heterocycles. The number of carboxylic acids is 1. The summed E-state index contributed by atoms with van der Waals surface area (Å²) < 4.78 is 5.33. The first-order valence-electron chi connectivity index (χ1n) is 12.7. The van der Waals surface area contributed by atoms with Gasteiger partial charge in [0.25, 0.3) is 0 Å². The van der Waals surface area contributed by atoms with E-state index < -0.39 is 17.5 Å². The zero-order valence-corrected chi connectivity index (χ0v) is 21.6. The number of methoxy groups -OCH3 is 1. The fraction of sp³-hybridized carbons (Fsp3) is 0.448. The van der Waals surface area contributed by atoms with Crippen LogP contribution >= 0.6 is 11.6 Å². The van der Waals surface area contributed by atoms with Crippen molar-refractivity contribution in [2.45, 2.75) is 51.0 Å². The van der Waals surface area contributed by atoms with Gasteiger partial charge >= 0.3 is 5.97 Å². The standard InChI is InChI=1S/C29H35ClN2O4/c1-36-22-10-11-25-23(19-22)27(24(30)20-31-25)26(33)12-13-29(28(34)35)14-17-32(18-15-29)16-6-5-9-21-7-3-2-4-8-21/h2-4,7-8,10-11,19-20,26,33H,5-6,9,12-18H2,1H3,(H,34,35)/t26-/m0/s1. The van der Waals surface area contributed by atoms with Crippen molar-refractivity contribution in [3.63, 3.8) is 0 Å². The van der Waals surface area contributed by atoms with Gasteiger partial charge in [-0.05, 0) is 88.3 Å². The van der Waals surface area contributed by atoms with Gasteiger partial charge in [-0.1, -0.05) is 41.9 Å². The molecule has 0 aliphatic carbocycles. The van der Waals surface area contributed by atoms with Gasteiger partial charge in [-0.3, -0.25) is 9.78 Å². The third-order valence-corrected chi connectivity index (χ3v) is 7.90. The normalized spacial score (nSPS) is 16.6. The summed E-state index contributed by atoms with van der Waals surface area (Å²) >= 11 is 6.44. The maximum atomic E-state index is 12.4. The van der Waals surface area contributed by atoms with Crippen molar-refractivity contribution in [3.8, 4) is 5.75 Å². The van der Waals surface area contributed by atoms with Crippen LogP contribution in [0.15, 0.2) is 54.7 Å². The number of piperidine rings is 1. The quantitative estimate of drug-likeness (QED) is 0.312. The number of carboxylic acid groups (broad SMARTS) is 1. The molecule has 2 heterocycles. The van der Waals surface area contributed by atoms with Crippen LogP contribution in [0.1, 0.15) is 55.8 Å². The molecule has 1 aliphatic heterocycles. The number of benzene rings is 2. The number of aryl methyl sites for hydroxylation is 1. The van der Waals surface area contributed by atoms with E-state index in [1.807, 2.05) is 24.3 Å². The third kappa shape index (κ3) is 6.17. The monoisotopic (exact) mass is 510 g/mol. The summed E-state index contributed by atoms with van der Waals surface area (Å²) in [6, 6.07) is 16.0. The molecule has 0 amide bonds. The van der Waals surface area contributed by atoms with Gasteiger partial charge in [0.05, 0.1) is 29.2 Å². The molecule has 2 N–H and O–H groups in total. The van der Waals surface area contributed by atoms with E-state index in [4.69, 9.17) is 16.3 Å². The summed E-state index contributed by atoms with van der Waals surface area (Å²) in [6.07, 6.45) is 5.85. The summed E-state index contributed by atoms with van der Waals surface area (Å²) in [5, 5.41) is 22.4. The largest absolute Gasteiger partial charge is 0.497 e. The highest BCUT2D eigenvalue weighted by Gasteiger charge is 2.41. The number of nitrogens with zero attached hydrogens (tertiary/aromatic N) is 2. The summed E-state index contributed by atoms with van der Waals surface area (Å²) in [4.78, 5) is 19.1. The number of hydrogen-bond acceptors (Lipinski definition) is 5. The number of ether oxygens (including phenoxy) is 1. The number of aliphatic carboxylic acids is 1. The number of rotatable bonds is 11. The van der Waals surface area contributed by atoms with Crippen LogP contribution in [-0.2, 0) is 11.2 Å². The Balaban J connectivity index is 1.34. The van der Waals surface area contributed by atoms with Crippen LogP contribution in [0.25, 0.3) is 10.9 Å². The molecule has 0 unspecified atom stereocenters. The first-order chi connectivity index (χ1) is 17.4. The van der Waals surface area contributed by atoms with Crippen LogP contribution < -0.4 is 4.74 Å². The molecule has 1 saturated heterocycles. The van der Waals surface area contributed by atoms with Crippen LogP contribution in [0.3, 0.4) is 0 Å². The van der Waals surface area contributed by atoms with Crippen molar-refractivity contribution >= 4 is 28.5 Å². The number of hydrogen-bond donors (Lipinski definition) is 2. The van der Waals surface area contributed by atoms with Gasteiger partial charge in [0.2, 0.25) is 0 Å². The third-order valence-electron chi connectivity index (χ3n) is 7.60. The molecular weight excluding hydrogens is 476 g/mol. The molecule has 0 radical (unpaired) electrons. The Labute approximate surface area is 217 Å². The molecule has 4 rings (SSSR count). The maximum absolute atomic E-state index is 12.4. The minimum atomic E-state index is -0.887. The number of likely N-dealkylation sites (tertiary alicyclic amines) is 1. The number of carbonyl (C=O) groups is 1. The summed E-state index contributed by atoms with van der Waals surface area (Å²) in [6.45, 7) is 2.53. The van der Waals surface area contributed by atoms with Crippen molar-refractivity contribution in [1.29, 1.82) is 0 Å². The van der Waals surface area contributed by atoms with Gasteiger partial charge in [0, 0.05) is 17.1 Å². The lowest BCUT2D eigenvalue weighted by Gasteiger charge is -2.39. The average Bonchev–Trinajstić information content (AvgIpc) is 2.90. The Hall–Kier alpha value is -2.67. The van der Waals surface area contributed by atoms with Crippen LogP contribution in [0.4, 0.5) is 0 Å². The Morgan fingerprint density at radius 3 is 2.61 bits per heavy atom. The first-order valence-corrected chi connectivity index (χ1v) is 13.1. The number of fused-ring (bicyclic) bond motifs is 1. The molecule has 0 spiro atoms. The molecule has 0 bridgehead atoms. The zero-order valence-electron chi connectivity index (χ0n) is 20.8. The molecule has 2 aromatic carbocycles. The van der Waals surface area contributed by atoms with Crippen LogP contribution in [0.5, 0.6) is 5.75 Å². The van der Waals surface area contributed by atoms with E-state index >= 15 is 0 Å². The van der Waals surface area contributed by atoms with Crippen LogP contribution in [-0.4, -0.2) is 52.8 Å². The number of pyridine rings is 1. The Morgan fingerprint density at radius 2 is 1.92 bits per heavy atom. The molecule has 3 aromatic rings. The van der Waals surface area contributed by atoms with Gasteiger partial charge in [-0.2, -0.15) is 0 Å². The van der Waals surface area contributed by atoms with E-state index in [1.165, 1.54) is 11.8 Å². The van der Waals surface area contributed by atoms with Crippen molar-refractivity contribution < 1.29 is 19.7 Å². The smallest absolute Gasteiger partial charge is 0.309 e. The first kappa shape index (κ1) is 26.4. The molecule has 7 heteroatoms. The molecule has 6 nitrogen and oxygen atoms in total. The maximum Gasteiger partial charge on any atom is 0.309 e.